The first-order valence-corrected chi connectivity index (χ1v) is 7.26. The predicted molar refractivity (Wildman–Crippen MR) is 75.4 cm³/mol. The zero-order valence-electron chi connectivity index (χ0n) is 11.8. The summed E-state index contributed by atoms with van der Waals surface area (Å²) in [6.07, 6.45) is 3.96. The number of aliphatic hydroxyl groups is 1. The maximum atomic E-state index is 12.8. The first kappa shape index (κ1) is 14.5. The summed E-state index contributed by atoms with van der Waals surface area (Å²) in [6, 6.07) is 6.96. The lowest BCUT2D eigenvalue weighted by Gasteiger charge is -2.24. The highest BCUT2D eigenvalue weighted by atomic mass is 19.1. The minimum Gasteiger partial charge on any atom is -0.388 e. The van der Waals surface area contributed by atoms with E-state index in [-0.39, 0.29) is 11.9 Å². The molecule has 4 atom stereocenters. The zero-order chi connectivity index (χ0) is 13.8. The van der Waals surface area contributed by atoms with Crippen LogP contribution in [-0.2, 0) is 0 Å². The van der Waals surface area contributed by atoms with Crippen molar-refractivity contribution in [2.75, 3.05) is 0 Å². The van der Waals surface area contributed by atoms with E-state index in [4.69, 9.17) is 0 Å². The normalized spacial score (nSPS) is 26.3. The van der Waals surface area contributed by atoms with Crippen LogP contribution in [0.1, 0.15) is 51.2 Å². The second-order valence-electron chi connectivity index (χ2n) is 5.89. The summed E-state index contributed by atoms with van der Waals surface area (Å²) in [4.78, 5) is 0. The highest BCUT2D eigenvalue weighted by molar-refractivity contribution is 5.18. The smallest absolute Gasteiger partial charge is 0.123 e. The van der Waals surface area contributed by atoms with E-state index < -0.39 is 6.10 Å². The molecule has 0 radical (unpaired) electrons. The summed E-state index contributed by atoms with van der Waals surface area (Å²) >= 11 is 0. The summed E-state index contributed by atoms with van der Waals surface area (Å²) in [5.74, 6) is 0.465. The zero-order valence-corrected chi connectivity index (χ0v) is 11.8. The number of hydrogen-bond donors (Lipinski definition) is 2. The molecule has 106 valence electrons. The lowest BCUT2D eigenvalue weighted by molar-refractivity contribution is 0.150. The van der Waals surface area contributed by atoms with E-state index in [2.05, 4.69) is 19.2 Å². The van der Waals surface area contributed by atoms with Gasteiger partial charge in [0.05, 0.1) is 6.10 Å². The number of hydrogen-bond acceptors (Lipinski definition) is 2. The van der Waals surface area contributed by atoms with E-state index in [1.807, 2.05) is 0 Å². The summed E-state index contributed by atoms with van der Waals surface area (Å²) in [5, 5.41) is 13.8. The number of halogens is 1. The standard InChI is InChI=1S/C16H24FNO/c1-11-4-3-5-15(11)18-12(2)10-16(19)13-6-8-14(17)9-7-13/h6-9,11-12,15-16,18-19H,3-5,10H2,1-2H3. The van der Waals surface area contributed by atoms with Gasteiger partial charge in [-0.3, -0.25) is 0 Å². The van der Waals surface area contributed by atoms with Crippen molar-refractivity contribution in [2.45, 2.75) is 57.7 Å². The Bertz CT molecular complexity index is 392. The Balaban J connectivity index is 1.84. The summed E-state index contributed by atoms with van der Waals surface area (Å²) in [7, 11) is 0. The molecular weight excluding hydrogens is 241 g/mol. The fourth-order valence-electron chi connectivity index (χ4n) is 2.98. The molecule has 1 aromatic rings. The molecule has 4 unspecified atom stereocenters. The van der Waals surface area contributed by atoms with Crippen molar-refractivity contribution < 1.29 is 9.50 Å². The van der Waals surface area contributed by atoms with Gasteiger partial charge < -0.3 is 10.4 Å². The largest absolute Gasteiger partial charge is 0.388 e. The van der Waals surface area contributed by atoms with Crippen molar-refractivity contribution in [1.29, 1.82) is 0 Å². The summed E-state index contributed by atoms with van der Waals surface area (Å²) < 4.78 is 12.8. The van der Waals surface area contributed by atoms with Crippen LogP contribution in [-0.4, -0.2) is 17.2 Å². The van der Waals surface area contributed by atoms with Crippen LogP contribution in [0.2, 0.25) is 0 Å². The molecule has 2 rings (SSSR count). The van der Waals surface area contributed by atoms with Crippen LogP contribution in [0.4, 0.5) is 4.39 Å². The van der Waals surface area contributed by atoms with Gasteiger partial charge in [-0.2, -0.15) is 0 Å². The van der Waals surface area contributed by atoms with Crippen molar-refractivity contribution >= 4 is 0 Å². The van der Waals surface area contributed by atoms with Gasteiger partial charge in [0.25, 0.3) is 0 Å². The fourth-order valence-corrected chi connectivity index (χ4v) is 2.98. The first-order chi connectivity index (χ1) is 9.06. The Morgan fingerprint density at radius 3 is 2.58 bits per heavy atom. The van der Waals surface area contributed by atoms with Crippen LogP contribution in [0.5, 0.6) is 0 Å². The maximum absolute atomic E-state index is 12.8. The lowest BCUT2D eigenvalue weighted by Crippen LogP contribution is -2.38. The molecule has 1 aromatic carbocycles. The molecule has 2 nitrogen and oxygen atoms in total. The molecule has 1 aliphatic rings. The van der Waals surface area contributed by atoms with Gasteiger partial charge in [0, 0.05) is 12.1 Å². The van der Waals surface area contributed by atoms with E-state index in [0.29, 0.717) is 12.5 Å². The highest BCUT2D eigenvalue weighted by Crippen LogP contribution is 2.26. The van der Waals surface area contributed by atoms with Crippen molar-refractivity contribution in [1.82, 2.24) is 5.32 Å². The molecule has 19 heavy (non-hydrogen) atoms. The quantitative estimate of drug-likeness (QED) is 0.855. The SMILES string of the molecule is CC(CC(O)c1ccc(F)cc1)NC1CCCC1C. The number of nitrogens with one attached hydrogen (secondary N) is 1. The Labute approximate surface area is 115 Å². The second kappa shape index (κ2) is 6.49. The molecule has 2 N–H and O–H groups in total. The van der Waals surface area contributed by atoms with Crippen LogP contribution in [0, 0.1) is 11.7 Å². The Morgan fingerprint density at radius 2 is 2.00 bits per heavy atom. The Morgan fingerprint density at radius 1 is 1.32 bits per heavy atom. The third kappa shape index (κ3) is 4.02. The van der Waals surface area contributed by atoms with Gasteiger partial charge in [-0.05, 0) is 49.8 Å². The van der Waals surface area contributed by atoms with Crippen molar-refractivity contribution in [3.05, 3.63) is 35.6 Å². The van der Waals surface area contributed by atoms with Crippen molar-refractivity contribution in [3.8, 4) is 0 Å². The van der Waals surface area contributed by atoms with Crippen LogP contribution in [0.15, 0.2) is 24.3 Å². The van der Waals surface area contributed by atoms with E-state index in [1.54, 1.807) is 12.1 Å². The monoisotopic (exact) mass is 265 g/mol. The van der Waals surface area contributed by atoms with Crippen molar-refractivity contribution in [3.63, 3.8) is 0 Å². The molecule has 1 saturated carbocycles. The highest BCUT2D eigenvalue weighted by Gasteiger charge is 2.25. The minimum absolute atomic E-state index is 0.262. The lowest BCUT2D eigenvalue weighted by atomic mass is 10.0. The van der Waals surface area contributed by atoms with Gasteiger partial charge in [0.1, 0.15) is 5.82 Å². The third-order valence-corrected chi connectivity index (χ3v) is 4.19. The van der Waals surface area contributed by atoms with Crippen LogP contribution < -0.4 is 5.32 Å². The van der Waals surface area contributed by atoms with E-state index in [1.165, 1.54) is 31.4 Å². The van der Waals surface area contributed by atoms with Gasteiger partial charge in [-0.1, -0.05) is 25.5 Å². The number of aliphatic hydroxyl groups excluding tert-OH is 1. The number of rotatable bonds is 5. The second-order valence-corrected chi connectivity index (χ2v) is 5.89. The van der Waals surface area contributed by atoms with Crippen LogP contribution >= 0.6 is 0 Å². The molecule has 1 aliphatic carbocycles. The molecule has 0 spiro atoms. The molecule has 0 saturated heterocycles. The van der Waals surface area contributed by atoms with Crippen LogP contribution in [0.3, 0.4) is 0 Å². The Kier molecular flexibility index (Phi) is 4.94. The van der Waals surface area contributed by atoms with E-state index in [9.17, 15) is 9.50 Å². The molecule has 0 heterocycles. The topological polar surface area (TPSA) is 32.3 Å². The van der Waals surface area contributed by atoms with E-state index >= 15 is 0 Å². The predicted octanol–water partition coefficient (Wildman–Crippen LogP) is 3.42. The van der Waals surface area contributed by atoms with Gasteiger partial charge in [0.15, 0.2) is 0 Å². The average Bonchev–Trinajstić information content (AvgIpc) is 2.75. The molecule has 3 heteroatoms. The van der Waals surface area contributed by atoms with Gasteiger partial charge in [-0.15, -0.1) is 0 Å². The summed E-state index contributed by atoms with van der Waals surface area (Å²) in [5.41, 5.74) is 0.787. The van der Waals surface area contributed by atoms with E-state index in [0.717, 1.165) is 11.5 Å². The molecule has 0 bridgehead atoms. The molecular formula is C16H24FNO. The molecule has 0 amide bonds. The van der Waals surface area contributed by atoms with Crippen molar-refractivity contribution in [2.24, 2.45) is 5.92 Å². The van der Waals surface area contributed by atoms with Crippen LogP contribution in [0.25, 0.3) is 0 Å². The molecule has 0 aliphatic heterocycles. The molecule has 1 fully saturated rings. The summed E-state index contributed by atoms with van der Waals surface area (Å²) in [6.45, 7) is 4.39. The average molecular weight is 265 g/mol. The third-order valence-electron chi connectivity index (χ3n) is 4.19. The Hall–Kier alpha value is -0.930. The maximum Gasteiger partial charge on any atom is 0.123 e. The van der Waals surface area contributed by atoms with Gasteiger partial charge in [-0.25, -0.2) is 4.39 Å². The minimum atomic E-state index is -0.528. The van der Waals surface area contributed by atoms with Gasteiger partial charge >= 0.3 is 0 Å². The number of benzene rings is 1. The molecule has 0 aromatic heterocycles. The fraction of sp³-hybridized carbons (Fsp3) is 0.625. The first-order valence-electron chi connectivity index (χ1n) is 7.26. The van der Waals surface area contributed by atoms with Gasteiger partial charge in [0.2, 0.25) is 0 Å².